The van der Waals surface area contributed by atoms with Gasteiger partial charge in [0, 0.05) is 23.1 Å². The number of nitrogens with zero attached hydrogens (tertiary/aromatic N) is 3. The van der Waals surface area contributed by atoms with Crippen LogP contribution in [0, 0.1) is 0 Å². The molecule has 3 nitrogen and oxygen atoms in total. The first-order chi connectivity index (χ1) is 6.84. The largest absolute Gasteiger partial charge is 0.248 e. The Morgan fingerprint density at radius 1 is 1.07 bits per heavy atom. The summed E-state index contributed by atoms with van der Waals surface area (Å²) in [6.45, 7) is 0. The van der Waals surface area contributed by atoms with Crippen molar-refractivity contribution in [1.29, 1.82) is 0 Å². The Morgan fingerprint density at radius 2 is 1.86 bits per heavy atom. The predicted molar refractivity (Wildman–Crippen MR) is 58.1 cm³/mol. The SMILES string of the molecule is Brc1ccc(Sc2ncccn2)nc1. The normalized spacial score (nSPS) is 10.1. The fourth-order valence-electron chi connectivity index (χ4n) is 0.854. The average molecular weight is 268 g/mol. The molecule has 2 aromatic rings. The van der Waals surface area contributed by atoms with Gasteiger partial charge in [0.15, 0.2) is 5.16 Å². The predicted octanol–water partition coefficient (Wildman–Crippen LogP) is 2.79. The maximum Gasteiger partial charge on any atom is 0.193 e. The molecule has 70 valence electrons. The van der Waals surface area contributed by atoms with Crippen LogP contribution >= 0.6 is 27.7 Å². The van der Waals surface area contributed by atoms with E-state index in [2.05, 4.69) is 30.9 Å². The van der Waals surface area contributed by atoms with Crippen LogP contribution in [0.15, 0.2) is 51.4 Å². The molecule has 0 radical (unpaired) electrons. The molecule has 0 saturated heterocycles. The molecule has 0 aliphatic carbocycles. The van der Waals surface area contributed by atoms with Crippen molar-refractivity contribution in [3.8, 4) is 0 Å². The molecular weight excluding hydrogens is 262 g/mol. The maximum atomic E-state index is 4.21. The second kappa shape index (κ2) is 4.52. The van der Waals surface area contributed by atoms with E-state index >= 15 is 0 Å². The second-order valence-electron chi connectivity index (χ2n) is 2.45. The van der Waals surface area contributed by atoms with E-state index in [1.54, 1.807) is 24.7 Å². The van der Waals surface area contributed by atoms with Gasteiger partial charge < -0.3 is 0 Å². The standard InChI is InChI=1S/C9H6BrN3S/c10-7-2-3-8(13-6-7)14-9-11-4-1-5-12-9/h1-6H. The molecule has 0 aromatic carbocycles. The Hall–Kier alpha value is -0.940. The molecule has 0 bridgehead atoms. The zero-order valence-electron chi connectivity index (χ0n) is 7.09. The van der Waals surface area contributed by atoms with Crippen LogP contribution in [-0.4, -0.2) is 15.0 Å². The fourth-order valence-corrected chi connectivity index (χ4v) is 1.74. The number of hydrogen-bond acceptors (Lipinski definition) is 4. The first-order valence-electron chi connectivity index (χ1n) is 3.91. The van der Waals surface area contributed by atoms with Crippen LogP contribution in [-0.2, 0) is 0 Å². The van der Waals surface area contributed by atoms with Gasteiger partial charge in [0.1, 0.15) is 5.03 Å². The van der Waals surface area contributed by atoms with Gasteiger partial charge in [-0.05, 0) is 45.9 Å². The zero-order valence-corrected chi connectivity index (χ0v) is 9.49. The van der Waals surface area contributed by atoms with Crippen molar-refractivity contribution in [1.82, 2.24) is 15.0 Å². The van der Waals surface area contributed by atoms with E-state index < -0.39 is 0 Å². The van der Waals surface area contributed by atoms with Crippen molar-refractivity contribution < 1.29 is 0 Å². The van der Waals surface area contributed by atoms with Crippen LogP contribution in [0.3, 0.4) is 0 Å². The Morgan fingerprint density at radius 3 is 2.50 bits per heavy atom. The van der Waals surface area contributed by atoms with Gasteiger partial charge in [0.25, 0.3) is 0 Å². The molecule has 0 saturated carbocycles. The van der Waals surface area contributed by atoms with E-state index in [9.17, 15) is 0 Å². The van der Waals surface area contributed by atoms with E-state index in [-0.39, 0.29) is 0 Å². The minimum Gasteiger partial charge on any atom is -0.248 e. The minimum absolute atomic E-state index is 0.710. The lowest BCUT2D eigenvalue weighted by Gasteiger charge is -1.97. The van der Waals surface area contributed by atoms with Gasteiger partial charge in [-0.2, -0.15) is 0 Å². The lowest BCUT2D eigenvalue weighted by atomic mass is 10.5. The molecule has 0 spiro atoms. The molecule has 0 aliphatic rings. The first kappa shape index (κ1) is 9.61. The summed E-state index contributed by atoms with van der Waals surface area (Å²) >= 11 is 4.77. The molecule has 0 N–H and O–H groups in total. The molecule has 2 rings (SSSR count). The second-order valence-corrected chi connectivity index (χ2v) is 4.35. The highest BCUT2D eigenvalue weighted by molar-refractivity contribution is 9.10. The van der Waals surface area contributed by atoms with Gasteiger partial charge >= 0.3 is 0 Å². The van der Waals surface area contributed by atoms with Crippen molar-refractivity contribution in [2.75, 3.05) is 0 Å². The third-order valence-corrected chi connectivity index (χ3v) is 2.75. The van der Waals surface area contributed by atoms with Crippen LogP contribution < -0.4 is 0 Å². The molecule has 0 amide bonds. The summed E-state index contributed by atoms with van der Waals surface area (Å²) in [5.74, 6) is 0. The van der Waals surface area contributed by atoms with E-state index in [4.69, 9.17) is 0 Å². The average Bonchev–Trinajstić information content (AvgIpc) is 2.23. The number of pyridine rings is 1. The van der Waals surface area contributed by atoms with Crippen LogP contribution in [0.25, 0.3) is 0 Å². The van der Waals surface area contributed by atoms with Gasteiger partial charge in [0.2, 0.25) is 0 Å². The summed E-state index contributed by atoms with van der Waals surface area (Å²) in [5, 5.41) is 1.60. The fraction of sp³-hybridized carbons (Fsp3) is 0. The Labute approximate surface area is 94.1 Å². The number of aromatic nitrogens is 3. The molecule has 5 heteroatoms. The quantitative estimate of drug-likeness (QED) is 0.785. The van der Waals surface area contributed by atoms with Crippen molar-refractivity contribution in [3.63, 3.8) is 0 Å². The topological polar surface area (TPSA) is 38.7 Å². The highest BCUT2D eigenvalue weighted by Crippen LogP contribution is 2.22. The lowest BCUT2D eigenvalue weighted by molar-refractivity contribution is 0.960. The van der Waals surface area contributed by atoms with Crippen LogP contribution in [0.4, 0.5) is 0 Å². The summed E-state index contributed by atoms with van der Waals surface area (Å²) in [6, 6.07) is 5.66. The molecule has 2 aromatic heterocycles. The van der Waals surface area contributed by atoms with E-state index in [0.29, 0.717) is 5.16 Å². The third-order valence-electron chi connectivity index (χ3n) is 1.44. The highest BCUT2D eigenvalue weighted by Gasteiger charge is 1.99. The maximum absolute atomic E-state index is 4.21. The highest BCUT2D eigenvalue weighted by atomic mass is 79.9. The first-order valence-corrected chi connectivity index (χ1v) is 5.52. The third kappa shape index (κ3) is 2.52. The van der Waals surface area contributed by atoms with Crippen LogP contribution in [0.2, 0.25) is 0 Å². The van der Waals surface area contributed by atoms with Crippen molar-refractivity contribution in [2.24, 2.45) is 0 Å². The molecule has 0 atom stereocenters. The molecule has 0 unspecified atom stereocenters. The van der Waals surface area contributed by atoms with E-state index in [1.165, 1.54) is 11.8 Å². The zero-order chi connectivity index (χ0) is 9.80. The van der Waals surface area contributed by atoms with Crippen molar-refractivity contribution >= 4 is 27.7 Å². The van der Waals surface area contributed by atoms with Crippen LogP contribution in [0.5, 0.6) is 0 Å². The number of rotatable bonds is 2. The van der Waals surface area contributed by atoms with Gasteiger partial charge in [-0.3, -0.25) is 0 Å². The summed E-state index contributed by atoms with van der Waals surface area (Å²) < 4.78 is 0.968. The van der Waals surface area contributed by atoms with Gasteiger partial charge in [-0.15, -0.1) is 0 Å². The lowest BCUT2D eigenvalue weighted by Crippen LogP contribution is -1.84. The monoisotopic (exact) mass is 267 g/mol. The summed E-state index contributed by atoms with van der Waals surface area (Å²) in [5.41, 5.74) is 0. The van der Waals surface area contributed by atoms with Crippen molar-refractivity contribution in [2.45, 2.75) is 10.2 Å². The summed E-state index contributed by atoms with van der Waals surface area (Å²) in [6.07, 6.45) is 5.19. The smallest absolute Gasteiger partial charge is 0.193 e. The Balaban J connectivity index is 2.16. The van der Waals surface area contributed by atoms with Gasteiger partial charge in [-0.25, -0.2) is 15.0 Å². The van der Waals surface area contributed by atoms with Gasteiger partial charge in [0.05, 0.1) is 0 Å². The minimum atomic E-state index is 0.710. The molecule has 0 aliphatic heterocycles. The Bertz CT molecular complexity index is 404. The molecule has 0 fully saturated rings. The number of hydrogen-bond donors (Lipinski definition) is 0. The molecule has 14 heavy (non-hydrogen) atoms. The van der Waals surface area contributed by atoms with Gasteiger partial charge in [-0.1, -0.05) is 0 Å². The summed E-state index contributed by atoms with van der Waals surface area (Å²) in [4.78, 5) is 12.4. The Kier molecular flexibility index (Phi) is 3.10. The molecule has 2 heterocycles. The summed E-state index contributed by atoms with van der Waals surface area (Å²) in [7, 11) is 0. The van der Waals surface area contributed by atoms with Crippen LogP contribution in [0.1, 0.15) is 0 Å². The molecular formula is C9H6BrN3S. The van der Waals surface area contributed by atoms with Crippen molar-refractivity contribution in [3.05, 3.63) is 41.3 Å². The van der Waals surface area contributed by atoms with E-state index in [1.807, 2.05) is 12.1 Å². The van der Waals surface area contributed by atoms with E-state index in [0.717, 1.165) is 9.50 Å². The number of halogens is 1.